The second-order valence-corrected chi connectivity index (χ2v) is 7.23. The molecule has 0 spiro atoms. The van der Waals surface area contributed by atoms with Crippen molar-refractivity contribution in [3.63, 3.8) is 0 Å². The third-order valence-corrected chi connectivity index (χ3v) is 5.36. The van der Waals surface area contributed by atoms with E-state index < -0.39 is 0 Å². The molecule has 0 amide bonds. The van der Waals surface area contributed by atoms with Crippen LogP contribution in [0.2, 0.25) is 0 Å². The van der Waals surface area contributed by atoms with Crippen molar-refractivity contribution in [1.82, 2.24) is 10.1 Å². The number of piperazine rings is 1. The van der Waals surface area contributed by atoms with Crippen LogP contribution in [-0.2, 0) is 0 Å². The Labute approximate surface area is 164 Å². The van der Waals surface area contributed by atoms with Crippen LogP contribution in [0.1, 0.15) is 29.6 Å². The second-order valence-electron chi connectivity index (χ2n) is 7.23. The molecule has 0 radical (unpaired) electrons. The first-order valence-corrected chi connectivity index (χ1v) is 9.85. The zero-order valence-electron chi connectivity index (χ0n) is 15.9. The summed E-state index contributed by atoms with van der Waals surface area (Å²) in [5.41, 5.74) is 1.25. The average Bonchev–Trinajstić information content (AvgIpc) is 3.16. The van der Waals surface area contributed by atoms with Crippen LogP contribution in [0.3, 0.4) is 0 Å². The minimum atomic E-state index is 0.0147. The molecule has 1 saturated heterocycles. The first kappa shape index (κ1) is 18.5. The maximum absolute atomic E-state index is 12.2. The number of para-hydroxylation sites is 2. The Hall–Kier alpha value is -2.86. The lowest BCUT2D eigenvalue weighted by Gasteiger charge is -2.34. The van der Waals surface area contributed by atoms with E-state index in [-0.39, 0.29) is 11.5 Å². The van der Waals surface area contributed by atoms with E-state index in [0.29, 0.717) is 12.0 Å². The molecule has 2 aromatic carbocycles. The molecular weight excluding hydrogens is 354 g/mol. The lowest BCUT2D eigenvalue weighted by molar-refractivity contribution is 0.0975. The quantitative estimate of drug-likeness (QED) is 0.498. The average molecular weight is 379 g/mol. The van der Waals surface area contributed by atoms with Gasteiger partial charge >= 0.3 is 0 Å². The van der Waals surface area contributed by atoms with Crippen LogP contribution in [0.4, 0.5) is 5.82 Å². The number of fused-ring (bicyclic) bond motifs is 1. The van der Waals surface area contributed by atoms with E-state index in [1.165, 1.54) is 0 Å². The Morgan fingerprint density at radius 3 is 2.57 bits per heavy atom. The van der Waals surface area contributed by atoms with Crippen LogP contribution in [0, 0.1) is 0 Å². The Morgan fingerprint density at radius 2 is 1.75 bits per heavy atom. The SMILES string of the molecule is O=C(CCCCN1CCN(c2noc3ccccc23)CC1)c1ccccc1O. The van der Waals surface area contributed by atoms with Crippen LogP contribution in [0.5, 0.6) is 5.75 Å². The number of rotatable bonds is 7. The summed E-state index contributed by atoms with van der Waals surface area (Å²) in [6, 6.07) is 14.7. The highest BCUT2D eigenvalue weighted by molar-refractivity contribution is 5.98. The molecule has 1 aliphatic rings. The van der Waals surface area contributed by atoms with E-state index in [1.54, 1.807) is 24.3 Å². The maximum Gasteiger partial charge on any atom is 0.180 e. The van der Waals surface area contributed by atoms with Gasteiger partial charge in [0.1, 0.15) is 5.75 Å². The summed E-state index contributed by atoms with van der Waals surface area (Å²) < 4.78 is 5.42. The molecule has 2 heterocycles. The van der Waals surface area contributed by atoms with Crippen LogP contribution < -0.4 is 4.90 Å². The van der Waals surface area contributed by atoms with Crippen molar-refractivity contribution in [3.05, 3.63) is 54.1 Å². The number of phenolic OH excluding ortho intramolecular Hbond substituents is 1. The van der Waals surface area contributed by atoms with Crippen molar-refractivity contribution < 1.29 is 14.4 Å². The van der Waals surface area contributed by atoms with Gasteiger partial charge in [-0.15, -0.1) is 0 Å². The van der Waals surface area contributed by atoms with Crippen molar-refractivity contribution in [2.75, 3.05) is 37.6 Å². The molecule has 0 atom stereocenters. The number of benzene rings is 2. The second kappa shape index (κ2) is 8.44. The van der Waals surface area contributed by atoms with Crippen LogP contribution in [-0.4, -0.2) is 53.7 Å². The van der Waals surface area contributed by atoms with Crippen molar-refractivity contribution in [2.45, 2.75) is 19.3 Å². The minimum Gasteiger partial charge on any atom is -0.507 e. The fourth-order valence-corrected chi connectivity index (χ4v) is 3.75. The molecule has 146 valence electrons. The lowest BCUT2D eigenvalue weighted by Crippen LogP contribution is -2.46. The van der Waals surface area contributed by atoms with E-state index in [0.717, 1.165) is 62.4 Å². The van der Waals surface area contributed by atoms with E-state index in [2.05, 4.69) is 21.0 Å². The number of nitrogens with zero attached hydrogens (tertiary/aromatic N) is 3. The van der Waals surface area contributed by atoms with Crippen molar-refractivity contribution in [3.8, 4) is 5.75 Å². The Balaban J connectivity index is 1.21. The van der Waals surface area contributed by atoms with Gasteiger partial charge in [-0.3, -0.25) is 9.69 Å². The van der Waals surface area contributed by atoms with Gasteiger partial charge in [0, 0.05) is 32.6 Å². The molecule has 1 fully saturated rings. The summed E-state index contributed by atoms with van der Waals surface area (Å²) in [6.07, 6.45) is 2.29. The smallest absolute Gasteiger partial charge is 0.180 e. The number of aromatic hydroxyl groups is 1. The standard InChI is InChI=1S/C22H25N3O3/c26-19-9-3-1-7-17(19)20(27)10-5-6-12-24-13-15-25(16-14-24)22-18-8-2-4-11-21(18)28-23-22/h1-4,7-9,11,26H,5-6,10,12-16H2. The number of ketones is 1. The van der Waals surface area contributed by atoms with E-state index in [4.69, 9.17) is 4.52 Å². The summed E-state index contributed by atoms with van der Waals surface area (Å²) >= 11 is 0. The molecule has 0 saturated carbocycles. The predicted molar refractivity (Wildman–Crippen MR) is 109 cm³/mol. The van der Waals surface area contributed by atoms with Gasteiger partial charge in [0.15, 0.2) is 17.2 Å². The summed E-state index contributed by atoms with van der Waals surface area (Å²) in [5.74, 6) is 1.02. The summed E-state index contributed by atoms with van der Waals surface area (Å²) in [6.45, 7) is 4.80. The van der Waals surface area contributed by atoms with Gasteiger partial charge in [0.05, 0.1) is 10.9 Å². The Morgan fingerprint density at radius 1 is 1.00 bits per heavy atom. The van der Waals surface area contributed by atoms with Crippen molar-refractivity contribution in [2.24, 2.45) is 0 Å². The van der Waals surface area contributed by atoms with Gasteiger partial charge in [-0.2, -0.15) is 0 Å². The Bertz CT molecular complexity index is 945. The molecule has 0 unspecified atom stereocenters. The zero-order valence-corrected chi connectivity index (χ0v) is 15.9. The number of hydrogen-bond acceptors (Lipinski definition) is 6. The third kappa shape index (κ3) is 4.02. The topological polar surface area (TPSA) is 69.8 Å². The largest absolute Gasteiger partial charge is 0.507 e. The summed E-state index contributed by atoms with van der Waals surface area (Å²) in [7, 11) is 0. The number of phenols is 1. The van der Waals surface area contributed by atoms with Crippen LogP contribution in [0.15, 0.2) is 53.1 Å². The van der Waals surface area contributed by atoms with Gasteiger partial charge < -0.3 is 14.5 Å². The number of hydrogen-bond donors (Lipinski definition) is 1. The molecule has 1 aliphatic heterocycles. The predicted octanol–water partition coefficient (Wildman–Crippen LogP) is 3.71. The molecule has 28 heavy (non-hydrogen) atoms. The highest BCUT2D eigenvalue weighted by Gasteiger charge is 2.21. The van der Waals surface area contributed by atoms with E-state index in [9.17, 15) is 9.90 Å². The molecular formula is C22H25N3O3. The number of anilines is 1. The third-order valence-electron chi connectivity index (χ3n) is 5.36. The first-order valence-electron chi connectivity index (χ1n) is 9.85. The van der Waals surface area contributed by atoms with Crippen molar-refractivity contribution >= 4 is 22.6 Å². The maximum atomic E-state index is 12.2. The zero-order chi connectivity index (χ0) is 19.3. The molecule has 3 aromatic rings. The van der Waals surface area contributed by atoms with Gasteiger partial charge in [-0.25, -0.2) is 0 Å². The number of carbonyl (C=O) groups excluding carboxylic acids is 1. The lowest BCUT2D eigenvalue weighted by atomic mass is 10.0. The number of carbonyl (C=O) groups is 1. The van der Waals surface area contributed by atoms with Crippen LogP contribution >= 0.6 is 0 Å². The van der Waals surface area contributed by atoms with Gasteiger partial charge in [0.25, 0.3) is 0 Å². The summed E-state index contributed by atoms with van der Waals surface area (Å²) in [5, 5.41) is 15.1. The normalized spacial score (nSPS) is 15.2. The fraction of sp³-hybridized carbons (Fsp3) is 0.364. The highest BCUT2D eigenvalue weighted by Crippen LogP contribution is 2.26. The minimum absolute atomic E-state index is 0.0147. The monoisotopic (exact) mass is 379 g/mol. The van der Waals surface area contributed by atoms with Crippen molar-refractivity contribution in [1.29, 1.82) is 0 Å². The van der Waals surface area contributed by atoms with Crippen LogP contribution in [0.25, 0.3) is 11.0 Å². The molecule has 0 aliphatic carbocycles. The van der Waals surface area contributed by atoms with E-state index >= 15 is 0 Å². The molecule has 0 bridgehead atoms. The Kier molecular flexibility index (Phi) is 5.58. The van der Waals surface area contributed by atoms with E-state index in [1.807, 2.05) is 18.2 Å². The van der Waals surface area contributed by atoms with Gasteiger partial charge in [-0.1, -0.05) is 29.4 Å². The molecule has 6 heteroatoms. The van der Waals surface area contributed by atoms with Gasteiger partial charge in [-0.05, 0) is 43.7 Å². The highest BCUT2D eigenvalue weighted by atomic mass is 16.5. The first-order chi connectivity index (χ1) is 13.7. The molecule has 1 N–H and O–H groups in total. The fourth-order valence-electron chi connectivity index (χ4n) is 3.75. The molecule has 6 nitrogen and oxygen atoms in total. The number of aromatic nitrogens is 1. The van der Waals surface area contributed by atoms with Gasteiger partial charge in [0.2, 0.25) is 0 Å². The number of Topliss-reactive ketones (excluding diaryl/α,β-unsaturated/α-hetero) is 1. The number of unbranched alkanes of at least 4 members (excludes halogenated alkanes) is 1. The molecule has 1 aromatic heterocycles. The molecule has 4 rings (SSSR count). The summed E-state index contributed by atoms with van der Waals surface area (Å²) in [4.78, 5) is 16.9.